The molecule has 1 aliphatic heterocycles. The van der Waals surface area contributed by atoms with Gasteiger partial charge in [0.1, 0.15) is 0 Å². The van der Waals surface area contributed by atoms with E-state index in [-0.39, 0.29) is 24.6 Å². The van der Waals surface area contributed by atoms with Crippen molar-refractivity contribution < 1.29 is 9.90 Å². The third kappa shape index (κ3) is 3.72. The van der Waals surface area contributed by atoms with Gasteiger partial charge in [-0.3, -0.25) is 9.69 Å². The summed E-state index contributed by atoms with van der Waals surface area (Å²) in [4.78, 5) is 18.2. The third-order valence-electron chi connectivity index (χ3n) is 5.55. The van der Waals surface area contributed by atoms with Crippen LogP contribution in [0, 0.1) is 0 Å². The van der Waals surface area contributed by atoms with Gasteiger partial charge in [-0.1, -0.05) is 18.2 Å². The molecule has 1 saturated heterocycles. The zero-order valence-corrected chi connectivity index (χ0v) is 15.3. The molecule has 3 rings (SSSR count). The van der Waals surface area contributed by atoms with Crippen molar-refractivity contribution in [3.05, 3.63) is 36.0 Å². The van der Waals surface area contributed by atoms with Crippen molar-refractivity contribution >= 4 is 16.8 Å². The minimum atomic E-state index is -0.276. The summed E-state index contributed by atoms with van der Waals surface area (Å²) in [6, 6.07) is 8.50. The Hall–Kier alpha value is -1.85. The fourth-order valence-electron chi connectivity index (χ4n) is 4.16. The molecule has 0 spiro atoms. The number of H-pyrrole nitrogens is 1. The number of nitrogens with one attached hydrogen (secondary N) is 2. The Bertz CT molecular complexity index is 717. The standard InChI is InChI=1S/C20H29N3O2/c1-13-8-9-14(2)23(13)15(3)20(25)22-17(12-24)10-16-11-21-19-7-5-4-6-18(16)19/h4-7,11,13-15,17,21,24H,8-10,12H2,1-3H3,(H,22,25)/t13-,14+,15-,17+/m0/s1. The van der Waals surface area contributed by atoms with Crippen molar-refractivity contribution in [2.45, 2.75) is 64.2 Å². The van der Waals surface area contributed by atoms with E-state index in [0.29, 0.717) is 18.5 Å². The largest absolute Gasteiger partial charge is 0.394 e. The van der Waals surface area contributed by atoms with Crippen LogP contribution in [0.4, 0.5) is 0 Å². The lowest BCUT2D eigenvalue weighted by atomic mass is 10.0. The minimum Gasteiger partial charge on any atom is -0.394 e. The van der Waals surface area contributed by atoms with E-state index in [1.807, 2.05) is 31.3 Å². The zero-order chi connectivity index (χ0) is 18.0. The Kier molecular flexibility index (Phi) is 5.45. The molecule has 4 atom stereocenters. The van der Waals surface area contributed by atoms with Gasteiger partial charge in [0.25, 0.3) is 0 Å². The first-order chi connectivity index (χ1) is 12.0. The Morgan fingerprint density at radius 3 is 2.68 bits per heavy atom. The molecule has 1 fully saturated rings. The summed E-state index contributed by atoms with van der Waals surface area (Å²) in [6.45, 7) is 6.27. The van der Waals surface area contributed by atoms with E-state index in [1.54, 1.807) is 0 Å². The van der Waals surface area contributed by atoms with E-state index in [1.165, 1.54) is 0 Å². The normalized spacial score (nSPS) is 23.7. The van der Waals surface area contributed by atoms with Crippen LogP contribution in [0.25, 0.3) is 10.9 Å². The van der Waals surface area contributed by atoms with Crippen LogP contribution in [0.3, 0.4) is 0 Å². The van der Waals surface area contributed by atoms with Gasteiger partial charge in [-0.25, -0.2) is 0 Å². The number of rotatable bonds is 6. The van der Waals surface area contributed by atoms with Crippen molar-refractivity contribution in [2.75, 3.05) is 6.61 Å². The molecule has 25 heavy (non-hydrogen) atoms. The number of aliphatic hydroxyl groups is 1. The fraction of sp³-hybridized carbons (Fsp3) is 0.550. The number of carbonyl (C=O) groups excluding carboxylic acids is 1. The van der Waals surface area contributed by atoms with Gasteiger partial charge in [0, 0.05) is 29.2 Å². The molecule has 0 saturated carbocycles. The highest BCUT2D eigenvalue weighted by Gasteiger charge is 2.34. The van der Waals surface area contributed by atoms with E-state index in [2.05, 4.69) is 35.1 Å². The number of amides is 1. The molecule has 5 heteroatoms. The lowest BCUT2D eigenvalue weighted by Crippen LogP contribution is -2.52. The van der Waals surface area contributed by atoms with Gasteiger partial charge in [-0.15, -0.1) is 0 Å². The highest BCUT2D eigenvalue weighted by molar-refractivity contribution is 5.84. The maximum atomic E-state index is 12.7. The van der Waals surface area contributed by atoms with Gasteiger partial charge in [0.05, 0.1) is 18.7 Å². The summed E-state index contributed by atoms with van der Waals surface area (Å²) < 4.78 is 0. The number of para-hydroxylation sites is 1. The van der Waals surface area contributed by atoms with E-state index in [4.69, 9.17) is 0 Å². The molecule has 3 N–H and O–H groups in total. The number of carbonyl (C=O) groups is 1. The number of likely N-dealkylation sites (tertiary alicyclic amines) is 1. The van der Waals surface area contributed by atoms with Crippen LogP contribution in [0.2, 0.25) is 0 Å². The Morgan fingerprint density at radius 1 is 1.32 bits per heavy atom. The van der Waals surface area contributed by atoms with Gasteiger partial charge >= 0.3 is 0 Å². The van der Waals surface area contributed by atoms with Gasteiger partial charge in [-0.2, -0.15) is 0 Å². The summed E-state index contributed by atoms with van der Waals surface area (Å²) in [5.74, 6) is -0.000471. The number of aliphatic hydroxyl groups excluding tert-OH is 1. The average molecular weight is 343 g/mol. The maximum absolute atomic E-state index is 12.7. The van der Waals surface area contributed by atoms with Crippen LogP contribution in [0.5, 0.6) is 0 Å². The molecule has 0 bridgehead atoms. The van der Waals surface area contributed by atoms with Gasteiger partial charge in [-0.05, 0) is 51.7 Å². The molecule has 5 nitrogen and oxygen atoms in total. The van der Waals surface area contributed by atoms with Crippen LogP contribution in [-0.4, -0.2) is 51.7 Å². The lowest BCUT2D eigenvalue weighted by molar-refractivity contribution is -0.127. The zero-order valence-electron chi connectivity index (χ0n) is 15.3. The second-order valence-corrected chi connectivity index (χ2v) is 7.35. The molecule has 2 aromatic rings. The van der Waals surface area contributed by atoms with Crippen molar-refractivity contribution in [2.24, 2.45) is 0 Å². The first-order valence-electron chi connectivity index (χ1n) is 9.25. The quantitative estimate of drug-likeness (QED) is 0.755. The number of fused-ring (bicyclic) bond motifs is 1. The summed E-state index contributed by atoms with van der Waals surface area (Å²) in [5.41, 5.74) is 2.19. The van der Waals surface area contributed by atoms with Crippen LogP contribution < -0.4 is 5.32 Å². The summed E-state index contributed by atoms with van der Waals surface area (Å²) >= 11 is 0. The topological polar surface area (TPSA) is 68.4 Å². The lowest BCUT2D eigenvalue weighted by Gasteiger charge is -2.32. The Labute approximate surface area is 149 Å². The molecular formula is C20H29N3O2. The molecule has 2 heterocycles. The number of hydrogen-bond acceptors (Lipinski definition) is 3. The summed E-state index contributed by atoms with van der Waals surface area (Å²) in [5, 5.41) is 13.9. The Balaban J connectivity index is 1.66. The van der Waals surface area contributed by atoms with Crippen LogP contribution in [-0.2, 0) is 11.2 Å². The molecule has 1 aliphatic rings. The van der Waals surface area contributed by atoms with Crippen molar-refractivity contribution in [3.63, 3.8) is 0 Å². The van der Waals surface area contributed by atoms with Crippen molar-refractivity contribution in [1.29, 1.82) is 0 Å². The summed E-state index contributed by atoms with van der Waals surface area (Å²) in [6.07, 6.45) is 4.85. The predicted molar refractivity (Wildman–Crippen MR) is 100 cm³/mol. The molecule has 1 amide bonds. The van der Waals surface area contributed by atoms with Crippen molar-refractivity contribution in [3.8, 4) is 0 Å². The first-order valence-corrected chi connectivity index (χ1v) is 9.25. The number of benzene rings is 1. The average Bonchev–Trinajstić information content (AvgIpc) is 3.17. The van der Waals surface area contributed by atoms with Crippen molar-refractivity contribution in [1.82, 2.24) is 15.2 Å². The number of hydrogen-bond donors (Lipinski definition) is 3. The van der Waals surface area contributed by atoms with Gasteiger partial charge in [0.15, 0.2) is 0 Å². The van der Waals surface area contributed by atoms with Crippen LogP contribution in [0.15, 0.2) is 30.5 Å². The Morgan fingerprint density at radius 2 is 2.00 bits per heavy atom. The van der Waals surface area contributed by atoms with E-state index < -0.39 is 0 Å². The second-order valence-electron chi connectivity index (χ2n) is 7.35. The SMILES string of the molecule is C[C@@H]1CC[C@H](C)N1[C@@H](C)C(=O)N[C@@H](CO)Cc1c[nH]c2ccccc12. The fourth-order valence-corrected chi connectivity index (χ4v) is 4.16. The minimum absolute atomic E-state index is 0.000471. The molecule has 136 valence electrons. The molecule has 1 aromatic heterocycles. The smallest absolute Gasteiger partial charge is 0.237 e. The van der Waals surface area contributed by atoms with E-state index in [0.717, 1.165) is 29.3 Å². The molecule has 0 radical (unpaired) electrons. The van der Waals surface area contributed by atoms with Crippen LogP contribution in [0.1, 0.15) is 39.2 Å². The van der Waals surface area contributed by atoms with E-state index >= 15 is 0 Å². The third-order valence-corrected chi connectivity index (χ3v) is 5.55. The monoisotopic (exact) mass is 343 g/mol. The number of nitrogens with zero attached hydrogens (tertiary/aromatic N) is 1. The predicted octanol–water partition coefficient (Wildman–Crippen LogP) is 2.45. The molecule has 0 unspecified atom stereocenters. The van der Waals surface area contributed by atoms with Gasteiger partial charge < -0.3 is 15.4 Å². The maximum Gasteiger partial charge on any atom is 0.237 e. The van der Waals surface area contributed by atoms with Crippen LogP contribution >= 0.6 is 0 Å². The molecule has 1 aromatic carbocycles. The van der Waals surface area contributed by atoms with E-state index in [9.17, 15) is 9.90 Å². The highest BCUT2D eigenvalue weighted by Crippen LogP contribution is 2.26. The second kappa shape index (κ2) is 7.58. The number of aromatic nitrogens is 1. The molecule has 0 aliphatic carbocycles. The van der Waals surface area contributed by atoms with Gasteiger partial charge in [0.2, 0.25) is 5.91 Å². The summed E-state index contributed by atoms with van der Waals surface area (Å²) in [7, 11) is 0. The molecular weight excluding hydrogens is 314 g/mol. The highest BCUT2D eigenvalue weighted by atomic mass is 16.3. The number of aromatic amines is 1. The first kappa shape index (κ1) is 18.0.